The molecule has 0 aliphatic heterocycles. The smallest absolute Gasteiger partial charge is 0.336 e. The van der Waals surface area contributed by atoms with Crippen LogP contribution in [0.15, 0.2) is 34.7 Å². The topological polar surface area (TPSA) is 126 Å². The lowest BCUT2D eigenvalue weighted by molar-refractivity contribution is 0.0696. The Hall–Kier alpha value is -3.19. The zero-order valence-electron chi connectivity index (χ0n) is 25.2. The van der Waals surface area contributed by atoms with Crippen molar-refractivity contribution in [2.75, 3.05) is 13.7 Å². The summed E-state index contributed by atoms with van der Waals surface area (Å²) in [4.78, 5) is 21.5. The molecule has 0 spiro atoms. The fourth-order valence-electron chi connectivity index (χ4n) is 4.29. The molecule has 0 saturated carbocycles. The fourth-order valence-corrected chi connectivity index (χ4v) is 5.66. The molecule has 4 aromatic heterocycles. The van der Waals surface area contributed by atoms with Crippen molar-refractivity contribution in [3.8, 4) is 17.3 Å². The molecule has 0 aromatic carbocycles. The first-order valence-electron chi connectivity index (χ1n) is 13.5. The second-order valence-electron chi connectivity index (χ2n) is 12.3. The summed E-state index contributed by atoms with van der Waals surface area (Å²) >= 11 is -1.41. The molecule has 0 bridgehead atoms. The molecule has 4 aromatic rings. The van der Waals surface area contributed by atoms with Crippen molar-refractivity contribution in [3.05, 3.63) is 47.3 Å². The van der Waals surface area contributed by atoms with Gasteiger partial charge in [-0.1, -0.05) is 24.0 Å². The second-order valence-corrected chi connectivity index (χ2v) is 19.8. The SMILES string of the molecule is COc1cc(C(=O)O)cc2nc(-c3cc4ccc(C(C)=N[S@@+]([O-])C(C)(C)C)nc4n3COCC[Si](C)(C)C)c(C)n12. The minimum Gasteiger partial charge on any atom is -0.591 e. The van der Waals surface area contributed by atoms with Gasteiger partial charge >= 0.3 is 5.97 Å². The van der Waals surface area contributed by atoms with Crippen molar-refractivity contribution in [3.63, 3.8) is 0 Å². The van der Waals surface area contributed by atoms with Crippen LogP contribution in [-0.4, -0.2) is 66.8 Å². The summed E-state index contributed by atoms with van der Waals surface area (Å²) in [5.41, 5.74) is 4.70. The largest absolute Gasteiger partial charge is 0.591 e. The second kappa shape index (κ2) is 11.6. The summed E-state index contributed by atoms with van der Waals surface area (Å²) < 4.78 is 32.1. The van der Waals surface area contributed by atoms with Crippen LogP contribution in [-0.2, 0) is 22.8 Å². The number of carboxylic acid groups (broad SMARTS) is 1. The predicted molar refractivity (Wildman–Crippen MR) is 166 cm³/mol. The van der Waals surface area contributed by atoms with E-state index in [9.17, 15) is 14.5 Å². The quantitative estimate of drug-likeness (QED) is 0.104. The summed E-state index contributed by atoms with van der Waals surface area (Å²) in [5, 5.41) is 10.5. The lowest BCUT2D eigenvalue weighted by Crippen LogP contribution is -2.26. The van der Waals surface area contributed by atoms with E-state index in [0.717, 1.165) is 22.8 Å². The minimum absolute atomic E-state index is 0.0924. The van der Waals surface area contributed by atoms with Gasteiger partial charge in [-0.25, -0.2) is 14.8 Å². The first kappa shape index (κ1) is 30.8. The lowest BCUT2D eigenvalue weighted by atomic mass is 10.2. The van der Waals surface area contributed by atoms with E-state index in [1.54, 1.807) is 4.40 Å². The van der Waals surface area contributed by atoms with Crippen LogP contribution in [0.5, 0.6) is 5.88 Å². The summed E-state index contributed by atoms with van der Waals surface area (Å²) in [6, 6.07) is 9.89. The van der Waals surface area contributed by atoms with Crippen LogP contribution in [0.25, 0.3) is 28.1 Å². The summed E-state index contributed by atoms with van der Waals surface area (Å²) in [7, 11) is 0.211. The highest BCUT2D eigenvalue weighted by Crippen LogP contribution is 2.33. The number of hydrogen-bond acceptors (Lipinski definition) is 7. The van der Waals surface area contributed by atoms with E-state index in [4.69, 9.17) is 19.4 Å². The number of carbonyl (C=O) groups is 1. The number of pyridine rings is 2. The number of carboxylic acids is 1. The summed E-state index contributed by atoms with van der Waals surface area (Å²) in [5.74, 6) is -0.677. The third kappa shape index (κ3) is 6.66. The highest BCUT2D eigenvalue weighted by atomic mass is 32.2. The first-order valence-corrected chi connectivity index (χ1v) is 18.3. The number of aromatic nitrogens is 4. The Morgan fingerprint density at radius 1 is 1.17 bits per heavy atom. The van der Waals surface area contributed by atoms with Crippen LogP contribution in [0.3, 0.4) is 0 Å². The van der Waals surface area contributed by atoms with Gasteiger partial charge in [-0.3, -0.25) is 8.97 Å². The van der Waals surface area contributed by atoms with E-state index < -0.39 is 30.2 Å². The van der Waals surface area contributed by atoms with Gasteiger partial charge in [0.15, 0.2) is 5.88 Å². The Bertz CT molecular complexity index is 1630. The monoisotopic (exact) mass is 597 g/mol. The highest BCUT2D eigenvalue weighted by molar-refractivity contribution is 7.91. The molecule has 0 amide bonds. The first-order chi connectivity index (χ1) is 19.1. The van der Waals surface area contributed by atoms with Crippen LogP contribution in [0, 0.1) is 6.92 Å². The molecule has 1 N–H and O–H groups in total. The molecule has 41 heavy (non-hydrogen) atoms. The Morgan fingerprint density at radius 2 is 1.88 bits per heavy atom. The van der Waals surface area contributed by atoms with Gasteiger partial charge in [0, 0.05) is 26.1 Å². The summed E-state index contributed by atoms with van der Waals surface area (Å²) in [6.07, 6.45) is 0. The molecule has 0 unspecified atom stereocenters. The zero-order chi connectivity index (χ0) is 30.3. The number of methoxy groups -OCH3 is 1. The van der Waals surface area contributed by atoms with Gasteiger partial charge in [0.1, 0.15) is 45.5 Å². The molecule has 0 radical (unpaired) electrons. The third-order valence-electron chi connectivity index (χ3n) is 6.69. The van der Waals surface area contributed by atoms with Crippen LogP contribution < -0.4 is 4.74 Å². The number of aromatic carboxylic acids is 1. The van der Waals surface area contributed by atoms with Gasteiger partial charge in [0.25, 0.3) is 0 Å². The number of aryl methyl sites for hydroxylation is 1. The normalized spacial score (nSPS) is 13.8. The summed E-state index contributed by atoms with van der Waals surface area (Å²) in [6.45, 7) is 17.2. The van der Waals surface area contributed by atoms with Crippen LogP contribution in [0.4, 0.5) is 0 Å². The zero-order valence-corrected chi connectivity index (χ0v) is 27.0. The maximum atomic E-state index is 12.7. The van der Waals surface area contributed by atoms with Crippen molar-refractivity contribution >= 4 is 47.8 Å². The highest BCUT2D eigenvalue weighted by Gasteiger charge is 2.27. The Kier molecular flexibility index (Phi) is 8.70. The maximum Gasteiger partial charge on any atom is 0.336 e. The molecule has 0 aliphatic rings. The van der Waals surface area contributed by atoms with Crippen molar-refractivity contribution in [2.45, 2.75) is 71.8 Å². The van der Waals surface area contributed by atoms with Crippen LogP contribution in [0.1, 0.15) is 49.4 Å². The molecule has 0 fully saturated rings. The van der Waals surface area contributed by atoms with E-state index in [-0.39, 0.29) is 12.3 Å². The average molecular weight is 598 g/mol. The molecular formula is C29H39N5O5SSi. The van der Waals surface area contributed by atoms with E-state index in [1.165, 1.54) is 19.2 Å². The average Bonchev–Trinajstić information content (AvgIpc) is 3.41. The Morgan fingerprint density at radius 3 is 2.49 bits per heavy atom. The molecule has 4 heterocycles. The fraction of sp³-hybridized carbons (Fsp3) is 0.448. The molecule has 10 nitrogen and oxygen atoms in total. The number of ether oxygens (including phenoxy) is 2. The van der Waals surface area contributed by atoms with Crippen LogP contribution >= 0.6 is 0 Å². The molecule has 1 atom stereocenters. The van der Waals surface area contributed by atoms with Gasteiger partial charge in [0.05, 0.1) is 29.8 Å². The van der Waals surface area contributed by atoms with E-state index in [2.05, 4.69) is 24.0 Å². The third-order valence-corrected chi connectivity index (χ3v) is 9.88. The number of rotatable bonds is 10. The van der Waals surface area contributed by atoms with Crippen LogP contribution in [0.2, 0.25) is 25.7 Å². The molecule has 12 heteroatoms. The maximum absolute atomic E-state index is 12.7. The number of hydrogen-bond donors (Lipinski definition) is 1. The van der Waals surface area contributed by atoms with E-state index in [1.807, 2.05) is 57.4 Å². The van der Waals surface area contributed by atoms with E-state index in [0.29, 0.717) is 40.9 Å². The van der Waals surface area contributed by atoms with Gasteiger partial charge in [-0.2, -0.15) is 0 Å². The predicted octanol–water partition coefficient (Wildman–Crippen LogP) is 5.95. The molecule has 4 rings (SSSR count). The van der Waals surface area contributed by atoms with Gasteiger partial charge < -0.3 is 19.1 Å². The number of nitrogens with zero attached hydrogens (tertiary/aromatic N) is 5. The number of fused-ring (bicyclic) bond motifs is 2. The molecule has 0 saturated heterocycles. The van der Waals surface area contributed by atoms with Crippen molar-refractivity contribution < 1.29 is 23.9 Å². The molecule has 0 aliphatic carbocycles. The van der Waals surface area contributed by atoms with Crippen molar-refractivity contribution in [1.82, 2.24) is 18.9 Å². The molecular weight excluding hydrogens is 559 g/mol. The van der Waals surface area contributed by atoms with Gasteiger partial charge in [0.2, 0.25) is 0 Å². The van der Waals surface area contributed by atoms with Crippen molar-refractivity contribution in [2.24, 2.45) is 4.40 Å². The van der Waals surface area contributed by atoms with Gasteiger partial charge in [-0.05, 0) is 64.9 Å². The Balaban J connectivity index is 1.87. The van der Waals surface area contributed by atoms with Crippen molar-refractivity contribution in [1.29, 1.82) is 0 Å². The Labute approximate surface area is 244 Å². The number of imidazole rings is 1. The lowest BCUT2D eigenvalue weighted by Gasteiger charge is -2.18. The standard InChI is InChI=1S/C29H39N5O5SSi/c1-18(32-40(37)29(3,4)5)22-11-10-20-14-23(33(27(20)30-22)17-39-12-13-41(7,8)9)26-19(2)34-24(31-26)15-21(28(35)36)16-25(34)38-6/h10-11,14-16H,12-13,17H2,1-9H3,(H,35,36)/t40-/m0/s1. The van der Waals surface area contributed by atoms with Gasteiger partial charge in [-0.15, -0.1) is 0 Å². The van der Waals surface area contributed by atoms with E-state index >= 15 is 0 Å². The minimum atomic E-state index is -1.41. The molecule has 220 valence electrons.